The van der Waals surface area contributed by atoms with Crippen molar-refractivity contribution in [3.63, 3.8) is 0 Å². The van der Waals surface area contributed by atoms with Gasteiger partial charge >= 0.3 is 6.09 Å². The van der Waals surface area contributed by atoms with Crippen molar-refractivity contribution in [3.05, 3.63) is 39.9 Å². The first-order chi connectivity index (χ1) is 11.6. The van der Waals surface area contributed by atoms with Gasteiger partial charge in [0.1, 0.15) is 5.60 Å². The van der Waals surface area contributed by atoms with E-state index in [2.05, 4.69) is 11.8 Å². The lowest BCUT2D eigenvalue weighted by atomic mass is 10.1. The van der Waals surface area contributed by atoms with Gasteiger partial charge in [-0.05, 0) is 40.2 Å². The lowest BCUT2D eigenvalue weighted by Crippen LogP contribution is -2.58. The third-order valence-electron chi connectivity index (χ3n) is 4.25. The Bertz CT molecular complexity index is 641. The highest BCUT2D eigenvalue weighted by atomic mass is 16.6. The van der Waals surface area contributed by atoms with Gasteiger partial charge in [-0.15, -0.1) is 0 Å². The summed E-state index contributed by atoms with van der Waals surface area (Å²) in [7, 11) is 0. The van der Waals surface area contributed by atoms with Gasteiger partial charge in [-0.3, -0.25) is 15.0 Å². The number of rotatable bonds is 3. The van der Waals surface area contributed by atoms with E-state index in [1.54, 1.807) is 17.0 Å². The molecule has 7 nitrogen and oxygen atoms in total. The molecule has 1 fully saturated rings. The third kappa shape index (κ3) is 5.16. The average molecular weight is 349 g/mol. The van der Waals surface area contributed by atoms with Gasteiger partial charge in [-0.25, -0.2) is 4.79 Å². The largest absolute Gasteiger partial charge is 0.444 e. The zero-order chi connectivity index (χ0) is 18.8. The molecule has 138 valence electrons. The van der Waals surface area contributed by atoms with Crippen molar-refractivity contribution in [2.24, 2.45) is 0 Å². The van der Waals surface area contributed by atoms with Crippen molar-refractivity contribution >= 4 is 11.8 Å². The van der Waals surface area contributed by atoms with Crippen LogP contribution >= 0.6 is 0 Å². The Hall–Kier alpha value is -2.15. The van der Waals surface area contributed by atoms with Crippen LogP contribution in [0.1, 0.15) is 40.2 Å². The molecule has 1 aliphatic rings. The van der Waals surface area contributed by atoms with Gasteiger partial charge in [0.15, 0.2) is 0 Å². The molecular formula is C18H27N3O4. The van der Waals surface area contributed by atoms with Crippen LogP contribution in [0.2, 0.25) is 0 Å². The molecule has 2 atom stereocenters. The molecule has 1 aromatic carbocycles. The number of hydrogen-bond donors (Lipinski definition) is 0. The summed E-state index contributed by atoms with van der Waals surface area (Å²) in [5, 5.41) is 10.9. The van der Waals surface area contributed by atoms with Gasteiger partial charge in [0.25, 0.3) is 5.69 Å². The number of carbonyl (C=O) groups excluding carboxylic acids is 1. The highest BCUT2D eigenvalue weighted by molar-refractivity contribution is 5.68. The fourth-order valence-electron chi connectivity index (χ4n) is 3.00. The number of nitro groups is 1. The van der Waals surface area contributed by atoms with Crippen LogP contribution in [0.5, 0.6) is 0 Å². The molecule has 1 saturated heterocycles. The maximum atomic E-state index is 12.4. The van der Waals surface area contributed by atoms with Crippen molar-refractivity contribution in [2.45, 2.75) is 58.8 Å². The molecule has 0 saturated carbocycles. The minimum Gasteiger partial charge on any atom is -0.444 e. The second kappa shape index (κ2) is 7.39. The van der Waals surface area contributed by atoms with Gasteiger partial charge in [-0.1, -0.05) is 12.1 Å². The van der Waals surface area contributed by atoms with Crippen molar-refractivity contribution in [2.75, 3.05) is 13.1 Å². The summed E-state index contributed by atoms with van der Waals surface area (Å²) in [4.78, 5) is 26.9. The van der Waals surface area contributed by atoms with Crippen LogP contribution in [0.4, 0.5) is 10.5 Å². The van der Waals surface area contributed by atoms with Crippen molar-refractivity contribution in [3.8, 4) is 0 Å². The molecule has 2 rings (SSSR count). The number of amides is 1. The minimum atomic E-state index is -0.514. The highest BCUT2D eigenvalue weighted by Gasteiger charge is 2.34. The molecule has 7 heteroatoms. The summed E-state index contributed by atoms with van der Waals surface area (Å²) >= 11 is 0. The number of carbonyl (C=O) groups is 1. The Labute approximate surface area is 148 Å². The number of hydrogen-bond acceptors (Lipinski definition) is 5. The number of piperazine rings is 1. The van der Waals surface area contributed by atoms with E-state index in [1.165, 1.54) is 6.07 Å². The Morgan fingerprint density at radius 3 is 2.56 bits per heavy atom. The van der Waals surface area contributed by atoms with Crippen LogP contribution < -0.4 is 0 Å². The normalized spacial score (nSPS) is 21.9. The zero-order valence-electron chi connectivity index (χ0n) is 15.6. The predicted molar refractivity (Wildman–Crippen MR) is 95.4 cm³/mol. The van der Waals surface area contributed by atoms with E-state index in [0.29, 0.717) is 19.6 Å². The number of nitrogens with zero attached hydrogens (tertiary/aromatic N) is 3. The molecular weight excluding hydrogens is 322 g/mol. The summed E-state index contributed by atoms with van der Waals surface area (Å²) in [6.07, 6.45) is -0.290. The molecule has 25 heavy (non-hydrogen) atoms. The molecule has 1 heterocycles. The Morgan fingerprint density at radius 1 is 1.28 bits per heavy atom. The van der Waals surface area contributed by atoms with Crippen molar-refractivity contribution < 1.29 is 14.5 Å². The molecule has 0 bridgehead atoms. The molecule has 0 aromatic heterocycles. The Morgan fingerprint density at radius 2 is 1.96 bits per heavy atom. The minimum absolute atomic E-state index is 0.0183. The van der Waals surface area contributed by atoms with E-state index in [-0.39, 0.29) is 28.8 Å². The number of ether oxygens (including phenoxy) is 1. The van der Waals surface area contributed by atoms with Crippen LogP contribution in [0.15, 0.2) is 24.3 Å². The zero-order valence-corrected chi connectivity index (χ0v) is 15.6. The van der Waals surface area contributed by atoms with E-state index >= 15 is 0 Å². The maximum Gasteiger partial charge on any atom is 0.410 e. The first-order valence-electron chi connectivity index (χ1n) is 8.54. The van der Waals surface area contributed by atoms with E-state index in [0.717, 1.165) is 5.56 Å². The summed E-state index contributed by atoms with van der Waals surface area (Å²) < 4.78 is 5.49. The highest BCUT2D eigenvalue weighted by Crippen LogP contribution is 2.22. The maximum absolute atomic E-state index is 12.4. The second-order valence-electron chi connectivity index (χ2n) is 7.69. The fourth-order valence-corrected chi connectivity index (χ4v) is 3.00. The monoisotopic (exact) mass is 349 g/mol. The molecule has 0 radical (unpaired) electrons. The first-order valence-corrected chi connectivity index (χ1v) is 8.54. The standard InChI is InChI=1S/C18H27N3O4/c1-13-11-20(17(22)25-18(3,4)5)14(2)10-19(13)12-15-7-6-8-16(9-15)21(23)24/h6-9,13-14H,10-12H2,1-5H3. The molecule has 0 aliphatic carbocycles. The smallest absolute Gasteiger partial charge is 0.410 e. The van der Waals surface area contributed by atoms with Crippen LogP contribution in [0.25, 0.3) is 0 Å². The van der Waals surface area contributed by atoms with E-state index < -0.39 is 5.60 Å². The Balaban J connectivity index is 2.03. The number of nitro benzene ring substituents is 1. The summed E-state index contributed by atoms with van der Waals surface area (Å²) in [6, 6.07) is 6.87. The lowest BCUT2D eigenvalue weighted by Gasteiger charge is -2.44. The van der Waals surface area contributed by atoms with Crippen LogP contribution in [0.3, 0.4) is 0 Å². The predicted octanol–water partition coefficient (Wildman–Crippen LogP) is 3.42. The van der Waals surface area contributed by atoms with E-state index in [1.807, 2.05) is 33.8 Å². The second-order valence-corrected chi connectivity index (χ2v) is 7.69. The summed E-state index contributed by atoms with van der Waals surface area (Å²) in [5.41, 5.74) is 0.490. The summed E-state index contributed by atoms with van der Waals surface area (Å²) in [5.74, 6) is 0. The SMILES string of the molecule is CC1CN(C(=O)OC(C)(C)C)C(C)CN1Cc1cccc([N+](=O)[O-])c1. The number of non-ortho nitro benzene ring substituents is 1. The van der Waals surface area contributed by atoms with Gasteiger partial charge < -0.3 is 9.64 Å². The van der Waals surface area contributed by atoms with Crippen LogP contribution in [0, 0.1) is 10.1 Å². The van der Waals surface area contributed by atoms with Crippen molar-refractivity contribution in [1.82, 2.24) is 9.80 Å². The molecule has 1 aliphatic heterocycles. The van der Waals surface area contributed by atoms with Crippen molar-refractivity contribution in [1.29, 1.82) is 0 Å². The number of benzene rings is 1. The van der Waals surface area contributed by atoms with Gasteiger partial charge in [0, 0.05) is 43.9 Å². The molecule has 0 N–H and O–H groups in total. The van der Waals surface area contributed by atoms with Gasteiger partial charge in [0.2, 0.25) is 0 Å². The lowest BCUT2D eigenvalue weighted by molar-refractivity contribution is -0.384. The van der Waals surface area contributed by atoms with Crippen LogP contribution in [-0.4, -0.2) is 51.6 Å². The molecule has 1 aromatic rings. The van der Waals surface area contributed by atoms with Crippen LogP contribution in [-0.2, 0) is 11.3 Å². The van der Waals surface area contributed by atoms with E-state index in [4.69, 9.17) is 4.74 Å². The third-order valence-corrected chi connectivity index (χ3v) is 4.25. The molecule has 1 amide bonds. The van der Waals surface area contributed by atoms with E-state index in [9.17, 15) is 14.9 Å². The molecule has 2 unspecified atom stereocenters. The fraction of sp³-hybridized carbons (Fsp3) is 0.611. The van der Waals surface area contributed by atoms with Gasteiger partial charge in [-0.2, -0.15) is 0 Å². The van der Waals surface area contributed by atoms with Gasteiger partial charge in [0.05, 0.1) is 4.92 Å². The average Bonchev–Trinajstić information content (AvgIpc) is 2.49. The quantitative estimate of drug-likeness (QED) is 0.617. The molecule has 0 spiro atoms. The Kier molecular flexibility index (Phi) is 5.67. The topological polar surface area (TPSA) is 75.9 Å². The summed E-state index contributed by atoms with van der Waals surface area (Å²) in [6.45, 7) is 11.5. The first kappa shape index (κ1) is 19.2.